The normalized spacial score (nSPS) is 12.5. The van der Waals surface area contributed by atoms with E-state index in [9.17, 15) is 31.5 Å². The van der Waals surface area contributed by atoms with Crippen molar-refractivity contribution in [1.82, 2.24) is 20.4 Å². The standard InChI is InChI=1S/C28H29F3N6O5S2/c1-44(40,41)22-10-5-7-19(15-22)17-25(39)33-27-37-36-26(43-27)11-3-2-8-20-12-13-23(35-34-20)32-24(38)16-18-6-4-9-21(14-18)42-28(29,30)31/h4-7,9-10,12-15,24,38H,2-3,8,11,16-17H2,1H3,(H,32,35)(H,33,37,39). The zero-order valence-electron chi connectivity index (χ0n) is 23.4. The Bertz CT molecular complexity index is 1670. The van der Waals surface area contributed by atoms with Gasteiger partial charge in [-0.2, -0.15) is 5.10 Å². The van der Waals surface area contributed by atoms with E-state index in [1.807, 2.05) is 0 Å². The smallest absolute Gasteiger partial charge is 0.406 e. The van der Waals surface area contributed by atoms with Gasteiger partial charge in [-0.3, -0.25) is 4.79 Å². The number of aryl methyl sites for hydroxylation is 2. The van der Waals surface area contributed by atoms with Crippen molar-refractivity contribution in [3.63, 3.8) is 0 Å². The summed E-state index contributed by atoms with van der Waals surface area (Å²) in [7, 11) is -3.37. The van der Waals surface area contributed by atoms with E-state index in [4.69, 9.17) is 0 Å². The second-order valence-electron chi connectivity index (χ2n) is 9.82. The van der Waals surface area contributed by atoms with Gasteiger partial charge in [0.1, 0.15) is 17.0 Å². The minimum atomic E-state index is -4.80. The van der Waals surface area contributed by atoms with Crippen LogP contribution in [0, 0.1) is 0 Å². The number of aliphatic hydroxyl groups is 1. The summed E-state index contributed by atoms with van der Waals surface area (Å²) in [6.07, 6.45) is -1.89. The lowest BCUT2D eigenvalue weighted by atomic mass is 10.1. The van der Waals surface area contributed by atoms with Gasteiger partial charge in [0.15, 0.2) is 15.7 Å². The number of carbonyl (C=O) groups excluding carboxylic acids is 1. The van der Waals surface area contributed by atoms with E-state index in [0.29, 0.717) is 34.9 Å². The number of ether oxygens (including phenoxy) is 1. The summed E-state index contributed by atoms with van der Waals surface area (Å²) in [6, 6.07) is 15.0. The van der Waals surface area contributed by atoms with Crippen molar-refractivity contribution in [2.75, 3.05) is 16.9 Å². The van der Waals surface area contributed by atoms with E-state index in [-0.39, 0.29) is 29.4 Å². The number of anilines is 2. The third-order valence-corrected chi connectivity index (χ3v) is 8.08. The number of alkyl halides is 3. The van der Waals surface area contributed by atoms with Gasteiger partial charge < -0.3 is 20.5 Å². The van der Waals surface area contributed by atoms with E-state index >= 15 is 0 Å². The molecule has 3 N–H and O–H groups in total. The first-order valence-electron chi connectivity index (χ1n) is 13.4. The number of hydrogen-bond acceptors (Lipinski definition) is 11. The second kappa shape index (κ2) is 14.5. The molecule has 1 amide bonds. The molecule has 0 saturated heterocycles. The van der Waals surface area contributed by atoms with Crippen LogP contribution >= 0.6 is 11.3 Å². The molecule has 4 rings (SSSR count). The molecule has 16 heteroatoms. The minimum Gasteiger partial charge on any atom is -0.406 e. The maximum absolute atomic E-state index is 12.4. The number of nitrogens with zero attached hydrogens (tertiary/aromatic N) is 4. The molecule has 0 aliphatic carbocycles. The van der Waals surface area contributed by atoms with Gasteiger partial charge in [-0.1, -0.05) is 35.6 Å². The molecule has 4 aromatic rings. The summed E-state index contributed by atoms with van der Waals surface area (Å²) in [5, 5.41) is 33.2. The molecule has 0 saturated carbocycles. The van der Waals surface area contributed by atoms with E-state index in [0.717, 1.165) is 29.8 Å². The number of unbranched alkanes of at least 4 members (excludes halogenated alkanes) is 1. The van der Waals surface area contributed by atoms with Crippen LogP contribution in [0.25, 0.3) is 0 Å². The molecule has 0 aliphatic rings. The minimum absolute atomic E-state index is 0.00123. The van der Waals surface area contributed by atoms with Crippen molar-refractivity contribution < 1.29 is 36.2 Å². The molecule has 1 atom stereocenters. The molecule has 0 bridgehead atoms. The molecule has 0 fully saturated rings. The predicted molar refractivity (Wildman–Crippen MR) is 157 cm³/mol. The maximum Gasteiger partial charge on any atom is 0.573 e. The summed E-state index contributed by atoms with van der Waals surface area (Å²) in [4.78, 5) is 12.5. The fourth-order valence-corrected chi connectivity index (χ4v) is 5.60. The number of benzene rings is 2. The zero-order chi connectivity index (χ0) is 31.7. The maximum atomic E-state index is 12.4. The first-order chi connectivity index (χ1) is 20.8. The number of hydrogen-bond donors (Lipinski definition) is 3. The number of aliphatic hydroxyl groups excluding tert-OH is 1. The lowest BCUT2D eigenvalue weighted by molar-refractivity contribution is -0.274. The van der Waals surface area contributed by atoms with Crippen LogP contribution in [0.3, 0.4) is 0 Å². The summed E-state index contributed by atoms with van der Waals surface area (Å²) >= 11 is 1.27. The Kier molecular flexibility index (Phi) is 10.8. The highest BCUT2D eigenvalue weighted by Crippen LogP contribution is 2.24. The Hall–Kier alpha value is -4.15. The summed E-state index contributed by atoms with van der Waals surface area (Å²) in [6.45, 7) is 0. The summed E-state index contributed by atoms with van der Waals surface area (Å²) in [5.41, 5.74) is 1.76. The van der Waals surface area contributed by atoms with Crippen molar-refractivity contribution in [1.29, 1.82) is 0 Å². The number of nitrogens with one attached hydrogen (secondary N) is 2. The molecule has 11 nitrogen and oxygen atoms in total. The molecule has 2 heterocycles. The second-order valence-corrected chi connectivity index (χ2v) is 12.9. The van der Waals surface area contributed by atoms with Gasteiger partial charge in [0, 0.05) is 19.1 Å². The largest absolute Gasteiger partial charge is 0.573 e. The number of halogens is 3. The highest BCUT2D eigenvalue weighted by Gasteiger charge is 2.31. The first-order valence-corrected chi connectivity index (χ1v) is 16.1. The molecule has 2 aromatic carbocycles. The third-order valence-electron chi connectivity index (χ3n) is 6.07. The number of carbonyl (C=O) groups is 1. The molecular weight excluding hydrogens is 621 g/mol. The Morgan fingerprint density at radius 3 is 2.45 bits per heavy atom. The zero-order valence-corrected chi connectivity index (χ0v) is 25.0. The van der Waals surface area contributed by atoms with Crippen LogP contribution < -0.4 is 15.4 Å². The van der Waals surface area contributed by atoms with Gasteiger partial charge in [0.25, 0.3) is 0 Å². The van der Waals surface area contributed by atoms with Gasteiger partial charge in [-0.05, 0) is 66.8 Å². The van der Waals surface area contributed by atoms with Gasteiger partial charge in [-0.15, -0.1) is 28.5 Å². The number of amides is 1. The number of aromatic nitrogens is 4. The van der Waals surface area contributed by atoms with Crippen molar-refractivity contribution >= 4 is 38.0 Å². The average molecular weight is 651 g/mol. The topological polar surface area (TPSA) is 156 Å². The van der Waals surface area contributed by atoms with Crippen LogP contribution in [-0.2, 0) is 40.3 Å². The fourth-order valence-electron chi connectivity index (χ4n) is 4.11. The van der Waals surface area contributed by atoms with Crippen LogP contribution in [0.4, 0.5) is 24.1 Å². The molecule has 1 unspecified atom stereocenters. The van der Waals surface area contributed by atoms with Crippen LogP contribution in [-0.4, -0.2) is 58.7 Å². The monoisotopic (exact) mass is 650 g/mol. The molecule has 44 heavy (non-hydrogen) atoms. The lowest BCUT2D eigenvalue weighted by Crippen LogP contribution is -2.22. The molecule has 0 spiro atoms. The highest BCUT2D eigenvalue weighted by atomic mass is 32.2. The van der Waals surface area contributed by atoms with Gasteiger partial charge in [-0.25, -0.2) is 8.42 Å². The van der Waals surface area contributed by atoms with Crippen molar-refractivity contribution in [2.45, 2.75) is 56.0 Å². The first kappa shape index (κ1) is 32.8. The van der Waals surface area contributed by atoms with Crippen LogP contribution in [0.1, 0.15) is 34.7 Å². The van der Waals surface area contributed by atoms with Crippen molar-refractivity contribution in [3.05, 3.63) is 82.5 Å². The third kappa shape index (κ3) is 10.8. The Balaban J connectivity index is 1.16. The molecule has 0 aliphatic heterocycles. The van der Waals surface area contributed by atoms with E-state index in [2.05, 4.69) is 35.8 Å². The van der Waals surface area contributed by atoms with Crippen molar-refractivity contribution in [2.24, 2.45) is 0 Å². The SMILES string of the molecule is CS(=O)(=O)c1cccc(CC(=O)Nc2nnc(CCCCc3ccc(NC(O)Cc4cccc(OC(F)(F)F)c4)nn3)s2)c1. The Morgan fingerprint density at radius 2 is 1.73 bits per heavy atom. The van der Waals surface area contributed by atoms with E-state index < -0.39 is 22.4 Å². The quantitative estimate of drug-likeness (QED) is 0.132. The van der Waals surface area contributed by atoms with Crippen LogP contribution in [0.15, 0.2) is 65.6 Å². The molecule has 0 radical (unpaired) electrons. The molecule has 2 aromatic heterocycles. The predicted octanol–water partition coefficient (Wildman–Crippen LogP) is 4.35. The van der Waals surface area contributed by atoms with Crippen molar-refractivity contribution in [3.8, 4) is 5.75 Å². The van der Waals surface area contributed by atoms with Gasteiger partial charge in [0.2, 0.25) is 11.0 Å². The summed E-state index contributed by atoms with van der Waals surface area (Å²) in [5.74, 6) is -0.376. The van der Waals surface area contributed by atoms with Crippen LogP contribution in [0.5, 0.6) is 5.75 Å². The number of rotatable bonds is 14. The van der Waals surface area contributed by atoms with E-state index in [1.54, 1.807) is 30.3 Å². The summed E-state index contributed by atoms with van der Waals surface area (Å²) < 4.78 is 64.7. The average Bonchev–Trinajstić information content (AvgIpc) is 3.37. The van der Waals surface area contributed by atoms with Gasteiger partial charge in [0.05, 0.1) is 17.0 Å². The fraction of sp³-hybridized carbons (Fsp3) is 0.321. The Morgan fingerprint density at radius 1 is 0.977 bits per heavy atom. The van der Waals surface area contributed by atoms with E-state index in [1.165, 1.54) is 41.7 Å². The Labute approximate surface area is 255 Å². The molecular formula is C28H29F3N6O5S2. The highest BCUT2D eigenvalue weighted by molar-refractivity contribution is 7.90. The van der Waals surface area contributed by atoms with Crippen LogP contribution in [0.2, 0.25) is 0 Å². The number of sulfone groups is 1. The molecule has 234 valence electrons. The van der Waals surface area contributed by atoms with Gasteiger partial charge >= 0.3 is 6.36 Å². The lowest BCUT2D eigenvalue weighted by Gasteiger charge is -2.14.